The van der Waals surface area contributed by atoms with Crippen molar-refractivity contribution in [3.63, 3.8) is 0 Å². The third kappa shape index (κ3) is 7.85. The monoisotopic (exact) mass is 545 g/mol. The van der Waals surface area contributed by atoms with Crippen molar-refractivity contribution in [2.75, 3.05) is 23.5 Å². The maximum atomic E-state index is 13.4. The first-order chi connectivity index (χ1) is 19.0. The second-order valence-electron chi connectivity index (χ2n) is 10.4. The zero-order valence-electron chi connectivity index (χ0n) is 22.9. The van der Waals surface area contributed by atoms with Gasteiger partial charge < -0.3 is 15.3 Å². The minimum absolute atomic E-state index is 0.361. The van der Waals surface area contributed by atoms with Gasteiger partial charge in [-0.25, -0.2) is 4.79 Å². The molecule has 2 aromatic carbocycles. The van der Waals surface area contributed by atoms with E-state index in [0.29, 0.717) is 30.2 Å². The van der Waals surface area contributed by atoms with Crippen LogP contribution in [0, 0.1) is 12.8 Å². The Kier molecular flexibility index (Phi) is 10.4. The lowest BCUT2D eigenvalue weighted by atomic mass is 9.88. The van der Waals surface area contributed by atoms with Crippen molar-refractivity contribution >= 4 is 29.3 Å². The summed E-state index contributed by atoms with van der Waals surface area (Å²) in [6.45, 7) is 3.71. The maximum absolute atomic E-state index is 13.4. The van der Waals surface area contributed by atoms with Gasteiger partial charge in [-0.15, -0.1) is 0 Å². The van der Waals surface area contributed by atoms with Gasteiger partial charge in [-0.3, -0.25) is 9.78 Å². The van der Waals surface area contributed by atoms with Crippen molar-refractivity contribution in [1.29, 1.82) is 0 Å². The molecular formula is C32H39N3O3S. The Labute approximate surface area is 236 Å². The fourth-order valence-electron chi connectivity index (χ4n) is 5.42. The van der Waals surface area contributed by atoms with Crippen LogP contribution in [0.5, 0.6) is 0 Å². The number of pyridine rings is 1. The minimum atomic E-state index is -1.01. The van der Waals surface area contributed by atoms with E-state index in [4.69, 9.17) is 0 Å². The van der Waals surface area contributed by atoms with Crippen molar-refractivity contribution < 1.29 is 14.7 Å². The predicted octanol–water partition coefficient (Wildman–Crippen LogP) is 6.58. The first-order valence-corrected chi connectivity index (χ1v) is 15.2. The number of carbonyl (C=O) groups is 2. The molecule has 1 heterocycles. The van der Waals surface area contributed by atoms with Gasteiger partial charge in [0, 0.05) is 24.8 Å². The molecule has 1 fully saturated rings. The number of hydrogen-bond acceptors (Lipinski definition) is 5. The number of aryl methyl sites for hydroxylation is 1. The highest BCUT2D eigenvalue weighted by Gasteiger charge is 2.24. The van der Waals surface area contributed by atoms with Gasteiger partial charge in [-0.2, -0.15) is 11.8 Å². The molecule has 1 saturated carbocycles. The van der Waals surface area contributed by atoms with E-state index >= 15 is 0 Å². The summed E-state index contributed by atoms with van der Waals surface area (Å²) in [6, 6.07) is 17.1. The first-order valence-electron chi connectivity index (χ1n) is 13.8. The van der Waals surface area contributed by atoms with Crippen molar-refractivity contribution in [3.8, 4) is 11.1 Å². The van der Waals surface area contributed by atoms with Gasteiger partial charge in [0.15, 0.2) is 0 Å². The van der Waals surface area contributed by atoms with Crippen LogP contribution in [0.1, 0.15) is 60.0 Å². The van der Waals surface area contributed by atoms with E-state index in [1.165, 1.54) is 32.1 Å². The average Bonchev–Trinajstić information content (AvgIpc) is 2.96. The molecule has 206 valence electrons. The molecular weight excluding hydrogens is 506 g/mol. The molecule has 1 aliphatic carbocycles. The van der Waals surface area contributed by atoms with Gasteiger partial charge in [-0.1, -0.05) is 49.6 Å². The smallest absolute Gasteiger partial charge is 0.326 e. The standard InChI is InChI=1S/C32H39N3O3S/c1-23-9-6-7-13-27(23)29-19-25(14-15-28(29)31(36)34-30(32(37)38)16-18-39-2)22-35(26-12-8-17-33-20-26)21-24-10-4-3-5-11-24/h6-9,12-15,17,19-20,24,30H,3-5,10-11,16,18,21-22H2,1-2H3,(H,34,36)(H,37,38). The topological polar surface area (TPSA) is 82.5 Å². The third-order valence-corrected chi connectivity index (χ3v) is 8.21. The number of nitrogens with one attached hydrogen (secondary N) is 1. The van der Waals surface area contributed by atoms with Crippen LogP contribution in [0.15, 0.2) is 67.0 Å². The molecule has 39 heavy (non-hydrogen) atoms. The number of thioether (sulfide) groups is 1. The Morgan fingerprint density at radius 1 is 1.08 bits per heavy atom. The van der Waals surface area contributed by atoms with Crippen LogP contribution in [0.3, 0.4) is 0 Å². The summed E-state index contributed by atoms with van der Waals surface area (Å²) in [7, 11) is 0. The molecule has 1 atom stereocenters. The van der Waals surface area contributed by atoms with Crippen molar-refractivity contribution in [1.82, 2.24) is 10.3 Å². The fraction of sp³-hybridized carbons (Fsp3) is 0.406. The Morgan fingerprint density at radius 3 is 2.56 bits per heavy atom. The highest BCUT2D eigenvalue weighted by Crippen LogP contribution is 2.31. The summed E-state index contributed by atoms with van der Waals surface area (Å²) in [5.41, 5.74) is 5.54. The van der Waals surface area contributed by atoms with Gasteiger partial charge >= 0.3 is 5.97 Å². The zero-order chi connectivity index (χ0) is 27.6. The summed E-state index contributed by atoms with van der Waals surface area (Å²) >= 11 is 1.57. The lowest BCUT2D eigenvalue weighted by molar-refractivity contribution is -0.139. The molecule has 4 rings (SSSR count). The Hall–Kier alpha value is -3.32. The van der Waals surface area contributed by atoms with Gasteiger partial charge in [0.2, 0.25) is 0 Å². The van der Waals surface area contributed by atoms with E-state index in [9.17, 15) is 14.7 Å². The van der Waals surface area contributed by atoms with Crippen LogP contribution >= 0.6 is 11.8 Å². The number of rotatable bonds is 12. The number of benzene rings is 2. The second kappa shape index (κ2) is 14.2. The van der Waals surface area contributed by atoms with Gasteiger partial charge in [-0.05, 0) is 90.6 Å². The van der Waals surface area contributed by atoms with E-state index in [0.717, 1.165) is 34.5 Å². The van der Waals surface area contributed by atoms with E-state index in [-0.39, 0.29) is 5.91 Å². The number of hydrogen-bond donors (Lipinski definition) is 2. The molecule has 7 heteroatoms. The largest absolute Gasteiger partial charge is 0.480 e. The number of aliphatic carboxylic acids is 1. The quantitative estimate of drug-likeness (QED) is 0.268. The molecule has 1 amide bonds. The molecule has 0 spiro atoms. The van der Waals surface area contributed by atoms with Crippen molar-refractivity contribution in [2.45, 2.75) is 58.0 Å². The summed E-state index contributed by atoms with van der Waals surface area (Å²) in [5.74, 6) is -0.0542. The molecule has 1 aromatic heterocycles. The van der Waals surface area contributed by atoms with Crippen LogP contribution in [0.25, 0.3) is 11.1 Å². The highest BCUT2D eigenvalue weighted by molar-refractivity contribution is 7.98. The second-order valence-corrected chi connectivity index (χ2v) is 11.4. The molecule has 0 radical (unpaired) electrons. The Bertz CT molecular complexity index is 1240. The minimum Gasteiger partial charge on any atom is -0.480 e. The summed E-state index contributed by atoms with van der Waals surface area (Å²) in [4.78, 5) is 32.0. The van der Waals surface area contributed by atoms with Crippen LogP contribution in [-0.2, 0) is 11.3 Å². The maximum Gasteiger partial charge on any atom is 0.326 e. The Morgan fingerprint density at radius 2 is 1.87 bits per heavy atom. The number of aromatic nitrogens is 1. The normalized spacial score (nSPS) is 14.5. The van der Waals surface area contributed by atoms with E-state index < -0.39 is 12.0 Å². The SMILES string of the molecule is CSCCC(NC(=O)c1ccc(CN(CC2CCCCC2)c2cccnc2)cc1-c1ccccc1C)C(=O)O. The van der Waals surface area contributed by atoms with E-state index in [1.54, 1.807) is 18.0 Å². The highest BCUT2D eigenvalue weighted by atomic mass is 32.2. The van der Waals surface area contributed by atoms with Crippen LogP contribution in [-0.4, -0.2) is 46.6 Å². The molecule has 1 aliphatic rings. The van der Waals surface area contributed by atoms with E-state index in [1.807, 2.05) is 61.8 Å². The summed E-state index contributed by atoms with van der Waals surface area (Å²) in [6.07, 6.45) is 12.5. The fourth-order valence-corrected chi connectivity index (χ4v) is 5.89. The zero-order valence-corrected chi connectivity index (χ0v) is 23.8. The van der Waals surface area contributed by atoms with Crippen LogP contribution < -0.4 is 10.2 Å². The number of carboxylic acid groups (broad SMARTS) is 1. The summed E-state index contributed by atoms with van der Waals surface area (Å²) in [5, 5.41) is 12.4. The van der Waals surface area contributed by atoms with Crippen molar-refractivity contribution in [2.24, 2.45) is 5.92 Å². The average molecular weight is 546 g/mol. The van der Waals surface area contributed by atoms with Gasteiger partial charge in [0.1, 0.15) is 6.04 Å². The lowest BCUT2D eigenvalue weighted by Crippen LogP contribution is -2.41. The molecule has 2 N–H and O–H groups in total. The molecule has 0 bridgehead atoms. The number of carbonyl (C=O) groups excluding carboxylic acids is 1. The van der Waals surface area contributed by atoms with Crippen LogP contribution in [0.4, 0.5) is 5.69 Å². The first kappa shape index (κ1) is 28.7. The number of nitrogens with zero attached hydrogens (tertiary/aromatic N) is 2. The van der Waals surface area contributed by atoms with Gasteiger partial charge in [0.25, 0.3) is 5.91 Å². The van der Waals surface area contributed by atoms with Gasteiger partial charge in [0.05, 0.1) is 11.9 Å². The molecule has 3 aromatic rings. The lowest BCUT2D eigenvalue weighted by Gasteiger charge is -2.31. The summed E-state index contributed by atoms with van der Waals surface area (Å²) < 4.78 is 0. The third-order valence-electron chi connectivity index (χ3n) is 7.57. The number of amides is 1. The van der Waals surface area contributed by atoms with E-state index in [2.05, 4.69) is 27.3 Å². The van der Waals surface area contributed by atoms with Crippen LogP contribution in [0.2, 0.25) is 0 Å². The predicted molar refractivity (Wildman–Crippen MR) is 160 cm³/mol. The molecule has 6 nitrogen and oxygen atoms in total. The molecule has 0 aliphatic heterocycles. The molecule has 0 saturated heterocycles. The van der Waals surface area contributed by atoms with Crippen molar-refractivity contribution in [3.05, 3.63) is 83.7 Å². The molecule has 1 unspecified atom stereocenters. The number of anilines is 1. The Balaban J connectivity index is 1.66. The number of carboxylic acids is 1.